The maximum Gasteiger partial charge on any atom is 0.318 e. The molecule has 0 saturated heterocycles. The number of thioether (sulfide) groups is 1. The average molecular weight is 400 g/mol. The molecule has 0 aromatic carbocycles. The first kappa shape index (κ1) is 23.8. The Morgan fingerprint density at radius 1 is 1.11 bits per heavy atom. The summed E-state index contributed by atoms with van der Waals surface area (Å²) in [6, 6.07) is -0.697. The number of hydrogen-bond donors (Lipinski definition) is 2. The Kier molecular flexibility index (Phi) is 11.5. The highest BCUT2D eigenvalue weighted by Crippen LogP contribution is 2.27. The molecule has 0 aromatic rings. The SMILES string of the molecule is CNC(=O)[C@H](CC1CCCCC1)NC(=O)N(CCSC(C)=O)CCC(C)C. The summed E-state index contributed by atoms with van der Waals surface area (Å²) >= 11 is 1.23. The van der Waals surface area contributed by atoms with Crippen molar-refractivity contribution in [3.8, 4) is 0 Å². The van der Waals surface area contributed by atoms with Crippen LogP contribution in [0.1, 0.15) is 65.7 Å². The monoisotopic (exact) mass is 399 g/mol. The maximum absolute atomic E-state index is 12.8. The zero-order valence-electron chi connectivity index (χ0n) is 17.4. The second-order valence-electron chi connectivity index (χ2n) is 7.87. The van der Waals surface area contributed by atoms with Gasteiger partial charge in [-0.2, -0.15) is 0 Å². The molecule has 156 valence electrons. The van der Waals surface area contributed by atoms with E-state index in [9.17, 15) is 14.4 Å². The van der Waals surface area contributed by atoms with Gasteiger partial charge in [-0.1, -0.05) is 57.7 Å². The Morgan fingerprint density at radius 3 is 2.33 bits per heavy atom. The Bertz CT molecular complexity index is 479. The summed E-state index contributed by atoms with van der Waals surface area (Å²) in [7, 11) is 1.61. The first-order valence-electron chi connectivity index (χ1n) is 10.2. The van der Waals surface area contributed by atoms with Crippen molar-refractivity contribution in [3.63, 3.8) is 0 Å². The second-order valence-corrected chi connectivity index (χ2v) is 9.14. The first-order valence-corrected chi connectivity index (χ1v) is 11.2. The molecule has 27 heavy (non-hydrogen) atoms. The smallest absolute Gasteiger partial charge is 0.318 e. The fraction of sp³-hybridized carbons (Fsp3) is 0.850. The van der Waals surface area contributed by atoms with Crippen LogP contribution in [0.4, 0.5) is 4.79 Å². The van der Waals surface area contributed by atoms with Crippen molar-refractivity contribution in [2.45, 2.75) is 71.8 Å². The lowest BCUT2D eigenvalue weighted by Gasteiger charge is -2.29. The quantitative estimate of drug-likeness (QED) is 0.590. The molecule has 1 saturated carbocycles. The van der Waals surface area contributed by atoms with E-state index in [4.69, 9.17) is 0 Å². The third-order valence-electron chi connectivity index (χ3n) is 5.08. The summed E-state index contributed by atoms with van der Waals surface area (Å²) in [5, 5.41) is 5.70. The molecule has 7 heteroatoms. The summed E-state index contributed by atoms with van der Waals surface area (Å²) in [6.07, 6.45) is 7.55. The first-order chi connectivity index (χ1) is 12.8. The molecule has 1 rings (SSSR count). The van der Waals surface area contributed by atoms with E-state index in [1.54, 1.807) is 11.9 Å². The van der Waals surface area contributed by atoms with Crippen molar-refractivity contribution in [1.82, 2.24) is 15.5 Å². The molecule has 0 bridgehead atoms. The van der Waals surface area contributed by atoms with Crippen molar-refractivity contribution in [3.05, 3.63) is 0 Å². The Balaban J connectivity index is 2.68. The minimum absolute atomic E-state index is 0.0553. The predicted molar refractivity (Wildman–Crippen MR) is 112 cm³/mol. The Morgan fingerprint density at radius 2 is 1.78 bits per heavy atom. The molecule has 2 N–H and O–H groups in total. The molecule has 1 atom stereocenters. The lowest BCUT2D eigenvalue weighted by atomic mass is 9.84. The van der Waals surface area contributed by atoms with E-state index in [0.29, 0.717) is 37.1 Å². The topological polar surface area (TPSA) is 78.5 Å². The highest BCUT2D eigenvalue weighted by atomic mass is 32.2. The standard InChI is InChI=1S/C20H37N3O3S/c1-15(2)10-11-23(12-13-27-16(3)24)20(26)22-18(19(25)21-4)14-17-8-6-5-7-9-17/h15,17-18H,5-14H2,1-4H3,(H,21,25)(H,22,26)/t18-/m0/s1. The number of carbonyl (C=O) groups excluding carboxylic acids is 3. The lowest BCUT2D eigenvalue weighted by molar-refractivity contribution is -0.123. The van der Waals surface area contributed by atoms with Crippen LogP contribution < -0.4 is 10.6 Å². The summed E-state index contributed by atoms with van der Waals surface area (Å²) < 4.78 is 0. The molecular weight excluding hydrogens is 362 g/mol. The highest BCUT2D eigenvalue weighted by Gasteiger charge is 2.27. The largest absolute Gasteiger partial charge is 0.357 e. The van der Waals surface area contributed by atoms with Gasteiger partial charge in [-0.05, 0) is 24.7 Å². The number of amides is 3. The number of likely N-dealkylation sites (N-methyl/N-ethyl adjacent to an activating group) is 1. The molecule has 0 heterocycles. The molecule has 0 aliphatic heterocycles. The van der Waals surface area contributed by atoms with Crippen LogP contribution in [0.15, 0.2) is 0 Å². The lowest BCUT2D eigenvalue weighted by Crippen LogP contribution is -2.52. The van der Waals surface area contributed by atoms with Gasteiger partial charge in [-0.25, -0.2) is 4.79 Å². The van der Waals surface area contributed by atoms with Crippen molar-refractivity contribution >= 4 is 28.8 Å². The van der Waals surface area contributed by atoms with E-state index in [1.165, 1.54) is 37.9 Å². The van der Waals surface area contributed by atoms with Crippen molar-refractivity contribution in [2.75, 3.05) is 25.9 Å². The number of nitrogens with one attached hydrogen (secondary N) is 2. The third-order valence-corrected chi connectivity index (χ3v) is 5.88. The molecule has 1 aliphatic carbocycles. The molecular formula is C20H37N3O3S. The fourth-order valence-electron chi connectivity index (χ4n) is 3.43. The van der Waals surface area contributed by atoms with E-state index >= 15 is 0 Å². The van der Waals surface area contributed by atoms with Crippen LogP contribution in [0, 0.1) is 11.8 Å². The molecule has 0 spiro atoms. The van der Waals surface area contributed by atoms with Gasteiger partial charge >= 0.3 is 6.03 Å². The summed E-state index contributed by atoms with van der Waals surface area (Å²) in [5.41, 5.74) is 0. The molecule has 1 fully saturated rings. The summed E-state index contributed by atoms with van der Waals surface area (Å²) in [6.45, 7) is 6.92. The van der Waals surface area contributed by atoms with Crippen LogP contribution in [0.3, 0.4) is 0 Å². The minimum atomic E-state index is -0.493. The van der Waals surface area contributed by atoms with E-state index in [2.05, 4.69) is 24.5 Å². The zero-order valence-corrected chi connectivity index (χ0v) is 18.2. The normalized spacial score (nSPS) is 16.0. The van der Waals surface area contributed by atoms with E-state index in [1.807, 2.05) is 0 Å². The van der Waals surface area contributed by atoms with Gasteiger partial charge in [-0.15, -0.1) is 0 Å². The van der Waals surface area contributed by atoms with Gasteiger partial charge in [0, 0.05) is 32.8 Å². The van der Waals surface area contributed by atoms with Crippen LogP contribution in [0.2, 0.25) is 0 Å². The number of nitrogens with zero attached hydrogens (tertiary/aromatic N) is 1. The van der Waals surface area contributed by atoms with Crippen molar-refractivity contribution in [1.29, 1.82) is 0 Å². The number of urea groups is 1. The number of carbonyl (C=O) groups is 3. The Hall–Kier alpha value is -1.24. The van der Waals surface area contributed by atoms with Crippen LogP contribution >= 0.6 is 11.8 Å². The minimum Gasteiger partial charge on any atom is -0.357 e. The van der Waals surface area contributed by atoms with E-state index in [-0.39, 0.29) is 17.1 Å². The van der Waals surface area contributed by atoms with Gasteiger partial charge < -0.3 is 15.5 Å². The molecule has 0 radical (unpaired) electrons. The second kappa shape index (κ2) is 13.0. The zero-order chi connectivity index (χ0) is 20.2. The van der Waals surface area contributed by atoms with Gasteiger partial charge in [0.1, 0.15) is 6.04 Å². The van der Waals surface area contributed by atoms with Crippen molar-refractivity contribution in [2.24, 2.45) is 11.8 Å². The van der Waals surface area contributed by atoms with Gasteiger partial charge in [-0.3, -0.25) is 9.59 Å². The fourth-order valence-corrected chi connectivity index (χ4v) is 4.03. The predicted octanol–water partition coefficient (Wildman–Crippen LogP) is 3.41. The number of hydrogen-bond acceptors (Lipinski definition) is 4. The van der Waals surface area contributed by atoms with Gasteiger partial charge in [0.2, 0.25) is 5.91 Å². The molecule has 0 aromatic heterocycles. The van der Waals surface area contributed by atoms with Gasteiger partial charge in [0.15, 0.2) is 5.12 Å². The molecule has 3 amide bonds. The Labute approximate surface area is 168 Å². The van der Waals surface area contributed by atoms with Crippen LogP contribution in [0.25, 0.3) is 0 Å². The van der Waals surface area contributed by atoms with Crippen molar-refractivity contribution < 1.29 is 14.4 Å². The van der Waals surface area contributed by atoms with Crippen LogP contribution in [-0.2, 0) is 9.59 Å². The highest BCUT2D eigenvalue weighted by molar-refractivity contribution is 8.13. The van der Waals surface area contributed by atoms with Crippen LogP contribution in [0.5, 0.6) is 0 Å². The molecule has 6 nitrogen and oxygen atoms in total. The summed E-state index contributed by atoms with van der Waals surface area (Å²) in [4.78, 5) is 38.1. The summed E-state index contributed by atoms with van der Waals surface area (Å²) in [5.74, 6) is 1.43. The van der Waals surface area contributed by atoms with Gasteiger partial charge in [0.05, 0.1) is 0 Å². The van der Waals surface area contributed by atoms with E-state index < -0.39 is 6.04 Å². The van der Waals surface area contributed by atoms with Gasteiger partial charge in [0.25, 0.3) is 0 Å². The van der Waals surface area contributed by atoms with E-state index in [0.717, 1.165) is 19.3 Å². The average Bonchev–Trinajstić information content (AvgIpc) is 2.63. The maximum atomic E-state index is 12.8. The molecule has 1 aliphatic rings. The third kappa shape index (κ3) is 10.0. The van der Waals surface area contributed by atoms with Crippen LogP contribution in [-0.4, -0.2) is 53.9 Å². The number of rotatable bonds is 10. The molecule has 0 unspecified atom stereocenters.